The Bertz CT molecular complexity index is 1050. The highest BCUT2D eigenvalue weighted by Crippen LogP contribution is 2.41. The van der Waals surface area contributed by atoms with Crippen molar-refractivity contribution >= 4 is 5.97 Å². The van der Waals surface area contributed by atoms with Crippen molar-refractivity contribution in [2.75, 3.05) is 20.2 Å². The molecule has 2 aromatic rings. The molecule has 1 heterocycles. The molecule has 0 amide bonds. The highest BCUT2D eigenvalue weighted by atomic mass is 16.5. The van der Waals surface area contributed by atoms with E-state index in [4.69, 9.17) is 14.2 Å². The lowest BCUT2D eigenvalue weighted by atomic mass is 9.73. The number of nitrogens with zero attached hydrogens (tertiary/aromatic N) is 2. The lowest BCUT2D eigenvalue weighted by Gasteiger charge is -2.44. The molecule has 0 unspecified atom stereocenters. The van der Waals surface area contributed by atoms with Gasteiger partial charge in [0.1, 0.15) is 12.1 Å². The minimum atomic E-state index is -0.771. The SMILES string of the molecule is COc1ccc(C2(C#N)CCN(C(C)(C)C(=O)OCc3ccccc3)CC2)cc1OC1CCCC1. The summed E-state index contributed by atoms with van der Waals surface area (Å²) < 4.78 is 17.5. The van der Waals surface area contributed by atoms with Crippen LogP contribution in [0.2, 0.25) is 0 Å². The van der Waals surface area contributed by atoms with Gasteiger partial charge in [0.25, 0.3) is 0 Å². The monoisotopic (exact) mass is 476 g/mol. The Balaban J connectivity index is 1.44. The zero-order valence-electron chi connectivity index (χ0n) is 21.1. The van der Waals surface area contributed by atoms with Gasteiger partial charge in [-0.15, -0.1) is 0 Å². The van der Waals surface area contributed by atoms with Crippen molar-refractivity contribution in [2.45, 2.75) is 76.0 Å². The van der Waals surface area contributed by atoms with E-state index in [2.05, 4.69) is 11.0 Å². The first-order valence-corrected chi connectivity index (χ1v) is 12.6. The molecule has 2 fully saturated rings. The molecule has 1 saturated carbocycles. The van der Waals surface area contributed by atoms with E-state index in [9.17, 15) is 10.1 Å². The normalized spacial score (nSPS) is 18.6. The van der Waals surface area contributed by atoms with Crippen LogP contribution in [-0.4, -0.2) is 42.7 Å². The molecule has 0 aromatic heterocycles. The summed E-state index contributed by atoms with van der Waals surface area (Å²) in [6.07, 6.45) is 5.97. The van der Waals surface area contributed by atoms with Crippen LogP contribution in [0, 0.1) is 11.3 Å². The second-order valence-corrected chi connectivity index (χ2v) is 10.2. The quantitative estimate of drug-likeness (QED) is 0.475. The molecule has 4 rings (SSSR count). The molecule has 186 valence electrons. The van der Waals surface area contributed by atoms with Crippen LogP contribution in [0.3, 0.4) is 0 Å². The van der Waals surface area contributed by atoms with Gasteiger partial charge in [-0.25, -0.2) is 0 Å². The zero-order valence-corrected chi connectivity index (χ0v) is 21.1. The molecule has 1 aliphatic carbocycles. The Morgan fingerprint density at radius 1 is 1.09 bits per heavy atom. The number of esters is 1. The fraction of sp³-hybridized carbons (Fsp3) is 0.517. The summed E-state index contributed by atoms with van der Waals surface area (Å²) in [5.41, 5.74) is 0.528. The average molecular weight is 477 g/mol. The van der Waals surface area contributed by atoms with Crippen LogP contribution in [0.25, 0.3) is 0 Å². The summed E-state index contributed by atoms with van der Waals surface area (Å²) >= 11 is 0. The average Bonchev–Trinajstić information content (AvgIpc) is 3.41. The molecular weight excluding hydrogens is 440 g/mol. The number of nitriles is 1. The molecule has 0 spiro atoms. The predicted molar refractivity (Wildman–Crippen MR) is 134 cm³/mol. The Labute approximate surface area is 208 Å². The Morgan fingerprint density at radius 2 is 1.77 bits per heavy atom. The van der Waals surface area contributed by atoms with Gasteiger partial charge in [0.2, 0.25) is 0 Å². The third-order valence-corrected chi connectivity index (χ3v) is 7.65. The van der Waals surface area contributed by atoms with E-state index in [1.807, 2.05) is 62.4 Å². The second-order valence-electron chi connectivity index (χ2n) is 10.2. The maximum atomic E-state index is 13.0. The zero-order chi connectivity index (χ0) is 24.9. The van der Waals surface area contributed by atoms with Gasteiger partial charge in [-0.2, -0.15) is 5.26 Å². The van der Waals surface area contributed by atoms with E-state index in [1.165, 1.54) is 12.8 Å². The van der Waals surface area contributed by atoms with Crippen LogP contribution in [0.5, 0.6) is 11.5 Å². The van der Waals surface area contributed by atoms with E-state index in [1.54, 1.807) is 7.11 Å². The number of hydrogen-bond donors (Lipinski definition) is 0. The number of benzene rings is 2. The largest absolute Gasteiger partial charge is 0.493 e. The molecule has 0 radical (unpaired) electrons. The van der Waals surface area contributed by atoms with Crippen LogP contribution in [0.1, 0.15) is 63.5 Å². The van der Waals surface area contributed by atoms with Gasteiger partial charge in [-0.05, 0) is 75.6 Å². The number of hydrogen-bond acceptors (Lipinski definition) is 6. The Kier molecular flexibility index (Phi) is 7.66. The van der Waals surface area contributed by atoms with Crippen molar-refractivity contribution in [2.24, 2.45) is 0 Å². The highest BCUT2D eigenvalue weighted by molar-refractivity contribution is 5.79. The van der Waals surface area contributed by atoms with E-state index in [-0.39, 0.29) is 18.7 Å². The number of carbonyl (C=O) groups excluding carboxylic acids is 1. The minimum Gasteiger partial charge on any atom is -0.493 e. The number of rotatable bonds is 8. The van der Waals surface area contributed by atoms with Crippen LogP contribution in [0.4, 0.5) is 0 Å². The maximum absolute atomic E-state index is 13.0. The van der Waals surface area contributed by atoms with Crippen molar-refractivity contribution in [3.05, 3.63) is 59.7 Å². The number of piperidine rings is 1. The standard InChI is InChI=1S/C29H36N2O4/c1-28(2,27(32)34-20-22-9-5-4-6-10-22)31-17-15-29(21-30,16-18-31)23-13-14-25(33-3)26(19-23)35-24-11-7-8-12-24/h4-6,9-10,13-14,19,24H,7-8,11-12,15-18,20H2,1-3H3. The molecule has 6 nitrogen and oxygen atoms in total. The van der Waals surface area contributed by atoms with Gasteiger partial charge in [0.15, 0.2) is 11.5 Å². The van der Waals surface area contributed by atoms with Crippen molar-refractivity contribution < 1.29 is 19.0 Å². The number of methoxy groups -OCH3 is 1. The molecule has 1 saturated heterocycles. The number of ether oxygens (including phenoxy) is 3. The van der Waals surface area contributed by atoms with Crippen molar-refractivity contribution in [3.63, 3.8) is 0 Å². The fourth-order valence-corrected chi connectivity index (χ4v) is 5.19. The van der Waals surface area contributed by atoms with E-state index < -0.39 is 11.0 Å². The lowest BCUT2D eigenvalue weighted by Crippen LogP contribution is -2.55. The maximum Gasteiger partial charge on any atom is 0.326 e. The van der Waals surface area contributed by atoms with Crippen molar-refractivity contribution in [1.82, 2.24) is 4.90 Å². The molecule has 0 bridgehead atoms. The summed E-state index contributed by atoms with van der Waals surface area (Å²) in [7, 11) is 1.65. The van der Waals surface area contributed by atoms with E-state index >= 15 is 0 Å². The molecule has 6 heteroatoms. The fourth-order valence-electron chi connectivity index (χ4n) is 5.19. The molecular formula is C29H36N2O4. The van der Waals surface area contributed by atoms with Gasteiger partial charge < -0.3 is 14.2 Å². The Morgan fingerprint density at radius 3 is 2.40 bits per heavy atom. The van der Waals surface area contributed by atoms with Crippen LogP contribution in [-0.2, 0) is 21.6 Å². The van der Waals surface area contributed by atoms with Crippen LogP contribution < -0.4 is 9.47 Å². The summed E-state index contributed by atoms with van der Waals surface area (Å²) in [6, 6.07) is 18.2. The highest BCUT2D eigenvalue weighted by Gasteiger charge is 2.44. The summed E-state index contributed by atoms with van der Waals surface area (Å²) in [4.78, 5) is 15.1. The molecule has 0 atom stereocenters. The first kappa shape index (κ1) is 25.1. The first-order valence-electron chi connectivity index (χ1n) is 12.6. The summed E-state index contributed by atoms with van der Waals surface area (Å²) in [5.74, 6) is 1.18. The van der Waals surface area contributed by atoms with Crippen molar-refractivity contribution in [3.8, 4) is 17.6 Å². The number of likely N-dealkylation sites (tertiary alicyclic amines) is 1. The molecule has 0 N–H and O–H groups in total. The molecule has 35 heavy (non-hydrogen) atoms. The van der Waals surface area contributed by atoms with Crippen molar-refractivity contribution in [1.29, 1.82) is 5.26 Å². The van der Waals surface area contributed by atoms with Gasteiger partial charge in [0, 0.05) is 13.1 Å². The predicted octanol–water partition coefficient (Wildman–Crippen LogP) is 5.40. The lowest BCUT2D eigenvalue weighted by molar-refractivity contribution is -0.158. The third kappa shape index (κ3) is 5.46. The van der Waals surface area contributed by atoms with Crippen LogP contribution >= 0.6 is 0 Å². The topological polar surface area (TPSA) is 71.8 Å². The molecule has 2 aromatic carbocycles. The summed E-state index contributed by atoms with van der Waals surface area (Å²) in [6.45, 7) is 5.33. The van der Waals surface area contributed by atoms with Gasteiger partial charge in [-0.3, -0.25) is 9.69 Å². The third-order valence-electron chi connectivity index (χ3n) is 7.65. The van der Waals surface area contributed by atoms with Gasteiger partial charge >= 0.3 is 5.97 Å². The minimum absolute atomic E-state index is 0.210. The first-order chi connectivity index (χ1) is 16.9. The molecule has 1 aliphatic heterocycles. The Hall–Kier alpha value is -3.04. The molecule has 2 aliphatic rings. The number of carbonyl (C=O) groups is 1. The van der Waals surface area contributed by atoms with Gasteiger partial charge in [-0.1, -0.05) is 36.4 Å². The second kappa shape index (κ2) is 10.7. The van der Waals surface area contributed by atoms with E-state index in [0.29, 0.717) is 31.7 Å². The van der Waals surface area contributed by atoms with Crippen LogP contribution in [0.15, 0.2) is 48.5 Å². The van der Waals surface area contributed by atoms with E-state index in [0.717, 1.165) is 29.7 Å². The smallest absolute Gasteiger partial charge is 0.326 e. The summed E-state index contributed by atoms with van der Waals surface area (Å²) in [5, 5.41) is 10.3. The van der Waals surface area contributed by atoms with Gasteiger partial charge in [0.05, 0.1) is 24.7 Å².